The average Bonchev–Trinajstić information content (AvgIpc) is 3.59. The van der Waals surface area contributed by atoms with Gasteiger partial charge in [0.2, 0.25) is 10.9 Å². The first-order valence-corrected chi connectivity index (χ1v) is 14.4. The van der Waals surface area contributed by atoms with Gasteiger partial charge in [-0.15, -0.1) is 21.5 Å². The third-order valence-corrected chi connectivity index (χ3v) is 9.32. The first-order chi connectivity index (χ1) is 18.3. The Bertz CT molecular complexity index is 1550. The van der Waals surface area contributed by atoms with Crippen molar-refractivity contribution < 1.29 is 19.4 Å². The maximum atomic E-state index is 13.7. The normalized spacial score (nSPS) is 15.4. The fourth-order valence-electron chi connectivity index (χ4n) is 4.08. The quantitative estimate of drug-likeness (QED) is 0.145. The van der Waals surface area contributed by atoms with E-state index in [1.54, 1.807) is 45.2 Å². The summed E-state index contributed by atoms with van der Waals surface area (Å²) in [6, 6.07) is 13.6. The van der Waals surface area contributed by atoms with Crippen LogP contribution in [0.15, 0.2) is 64.2 Å². The van der Waals surface area contributed by atoms with Crippen LogP contribution in [0.5, 0.6) is 5.75 Å². The Morgan fingerprint density at radius 2 is 1.82 bits per heavy atom. The molecule has 0 saturated heterocycles. The topological polar surface area (TPSA) is 106 Å². The summed E-state index contributed by atoms with van der Waals surface area (Å²) >= 11 is 9.89. The van der Waals surface area contributed by atoms with Crippen LogP contribution >= 0.6 is 46.0 Å². The standard InChI is InChI=1S/C26H21ClN4O4S3/c1-13-23(37-14(2)28-13)21(32)19-20(16-6-10-18(35-3)11-7-16)31(24(34)22(19)33)25-29-30-26(38-25)36-12-15-4-8-17(27)9-5-15/h4-11,20,33H,12H2,1-3H3/t20-/m1/s1. The summed E-state index contributed by atoms with van der Waals surface area (Å²) in [5.41, 5.74) is 2.22. The monoisotopic (exact) mass is 584 g/mol. The van der Waals surface area contributed by atoms with Crippen molar-refractivity contribution in [3.63, 3.8) is 0 Å². The molecule has 0 bridgehead atoms. The molecular weight excluding hydrogens is 564 g/mol. The van der Waals surface area contributed by atoms with Gasteiger partial charge < -0.3 is 9.84 Å². The summed E-state index contributed by atoms with van der Waals surface area (Å²) in [5.74, 6) is -0.496. The molecular formula is C26H21ClN4O4S3. The molecule has 5 rings (SSSR count). The number of methoxy groups -OCH3 is 1. The Morgan fingerprint density at radius 3 is 2.45 bits per heavy atom. The summed E-state index contributed by atoms with van der Waals surface area (Å²) in [6.45, 7) is 3.54. The number of aromatic nitrogens is 3. The number of carbonyl (C=O) groups is 2. The maximum absolute atomic E-state index is 13.7. The predicted molar refractivity (Wildman–Crippen MR) is 150 cm³/mol. The van der Waals surface area contributed by atoms with E-state index in [1.807, 2.05) is 24.3 Å². The number of anilines is 1. The Kier molecular flexibility index (Phi) is 7.53. The summed E-state index contributed by atoms with van der Waals surface area (Å²) in [5, 5.41) is 21.2. The number of hydrogen-bond acceptors (Lipinski definition) is 10. The minimum Gasteiger partial charge on any atom is -0.503 e. The van der Waals surface area contributed by atoms with Gasteiger partial charge >= 0.3 is 0 Å². The third-order valence-electron chi connectivity index (χ3n) is 5.87. The number of benzene rings is 2. The highest BCUT2D eigenvalue weighted by Crippen LogP contribution is 2.44. The first-order valence-electron chi connectivity index (χ1n) is 11.4. The molecule has 1 amide bonds. The lowest BCUT2D eigenvalue weighted by atomic mass is 9.95. The van der Waals surface area contributed by atoms with Crippen LogP contribution in [-0.4, -0.2) is 39.1 Å². The second-order valence-electron chi connectivity index (χ2n) is 8.36. The van der Waals surface area contributed by atoms with E-state index in [0.29, 0.717) is 37.0 Å². The van der Waals surface area contributed by atoms with Crippen molar-refractivity contribution in [2.75, 3.05) is 12.0 Å². The lowest BCUT2D eigenvalue weighted by Crippen LogP contribution is -2.31. The summed E-state index contributed by atoms with van der Waals surface area (Å²) in [6.07, 6.45) is 0. The number of ketones is 1. The van der Waals surface area contributed by atoms with Gasteiger partial charge in [-0.2, -0.15) is 0 Å². The smallest absolute Gasteiger partial charge is 0.296 e. The van der Waals surface area contributed by atoms with Gasteiger partial charge in [0.15, 0.2) is 10.1 Å². The van der Waals surface area contributed by atoms with Crippen molar-refractivity contribution in [2.24, 2.45) is 0 Å². The highest BCUT2D eigenvalue weighted by Gasteiger charge is 2.46. The van der Waals surface area contributed by atoms with Gasteiger partial charge in [-0.25, -0.2) is 4.98 Å². The Balaban J connectivity index is 1.50. The molecule has 0 saturated carbocycles. The number of aryl methyl sites for hydroxylation is 2. The zero-order valence-corrected chi connectivity index (χ0v) is 23.7. The molecule has 0 fully saturated rings. The number of Topliss-reactive ketones (excluding diaryl/α,β-unsaturated/α-hetero) is 1. The number of rotatable bonds is 8. The molecule has 1 aliphatic rings. The predicted octanol–water partition coefficient (Wildman–Crippen LogP) is 6.35. The van der Waals surface area contributed by atoms with Crippen molar-refractivity contribution in [1.29, 1.82) is 0 Å². The Labute approximate surface area is 236 Å². The Hall–Kier alpha value is -3.25. The third kappa shape index (κ3) is 5.06. The van der Waals surface area contributed by atoms with Gasteiger partial charge in [0.05, 0.1) is 34.3 Å². The molecule has 194 valence electrons. The molecule has 0 spiro atoms. The van der Waals surface area contributed by atoms with Crippen molar-refractivity contribution in [1.82, 2.24) is 15.2 Å². The number of ether oxygens (including phenoxy) is 1. The summed E-state index contributed by atoms with van der Waals surface area (Å²) < 4.78 is 5.92. The molecule has 8 nitrogen and oxygen atoms in total. The number of halogens is 1. The van der Waals surface area contributed by atoms with Gasteiger partial charge in [0.25, 0.3) is 5.91 Å². The van der Waals surface area contributed by atoms with Gasteiger partial charge in [-0.3, -0.25) is 14.5 Å². The number of hydrogen-bond donors (Lipinski definition) is 1. The van der Waals surface area contributed by atoms with Crippen LogP contribution in [0.1, 0.15) is 37.5 Å². The van der Waals surface area contributed by atoms with E-state index >= 15 is 0 Å². The highest BCUT2D eigenvalue weighted by molar-refractivity contribution is 8.00. The highest BCUT2D eigenvalue weighted by atomic mass is 35.5. The Morgan fingerprint density at radius 1 is 1.11 bits per heavy atom. The van der Waals surface area contributed by atoms with Crippen molar-refractivity contribution in [2.45, 2.75) is 30.0 Å². The summed E-state index contributed by atoms with van der Waals surface area (Å²) in [4.78, 5) is 33.2. The average molecular weight is 585 g/mol. The molecule has 0 radical (unpaired) electrons. The zero-order chi connectivity index (χ0) is 27.0. The van der Waals surface area contributed by atoms with Crippen LogP contribution in [0.25, 0.3) is 0 Å². The minimum absolute atomic E-state index is 0.0162. The van der Waals surface area contributed by atoms with Crippen LogP contribution in [0, 0.1) is 13.8 Å². The first kappa shape index (κ1) is 26.4. The molecule has 38 heavy (non-hydrogen) atoms. The number of aliphatic hydroxyl groups excluding tert-OH is 1. The van der Waals surface area contributed by atoms with E-state index in [-0.39, 0.29) is 10.7 Å². The number of thiazole rings is 1. The minimum atomic E-state index is -0.898. The lowest BCUT2D eigenvalue weighted by Gasteiger charge is -2.24. The molecule has 12 heteroatoms. The number of carbonyl (C=O) groups excluding carboxylic acids is 2. The second kappa shape index (κ2) is 10.9. The number of amides is 1. The molecule has 4 aromatic rings. The fraction of sp³-hybridized carbons (Fsp3) is 0.192. The van der Waals surface area contributed by atoms with E-state index in [2.05, 4.69) is 15.2 Å². The molecule has 1 aliphatic heterocycles. The second-order valence-corrected chi connectivity index (χ2v) is 12.2. The number of nitrogens with zero attached hydrogens (tertiary/aromatic N) is 4. The van der Waals surface area contributed by atoms with Gasteiger partial charge in [0.1, 0.15) is 5.75 Å². The number of thioether (sulfide) groups is 1. The van der Waals surface area contributed by atoms with Crippen molar-refractivity contribution >= 4 is 62.9 Å². The molecule has 1 atom stereocenters. The van der Waals surface area contributed by atoms with Crippen LogP contribution in [0.4, 0.5) is 5.13 Å². The molecule has 1 N–H and O–H groups in total. The largest absolute Gasteiger partial charge is 0.503 e. The van der Waals surface area contributed by atoms with Crippen LogP contribution in [0.2, 0.25) is 5.02 Å². The molecule has 2 aromatic carbocycles. The van der Waals surface area contributed by atoms with Crippen molar-refractivity contribution in [3.05, 3.63) is 91.6 Å². The van der Waals surface area contributed by atoms with Gasteiger partial charge in [-0.05, 0) is 49.2 Å². The molecule has 2 aromatic heterocycles. The van der Waals surface area contributed by atoms with E-state index in [1.165, 1.54) is 39.3 Å². The molecule has 0 unspecified atom stereocenters. The maximum Gasteiger partial charge on any atom is 0.296 e. The van der Waals surface area contributed by atoms with Crippen molar-refractivity contribution in [3.8, 4) is 5.75 Å². The zero-order valence-electron chi connectivity index (χ0n) is 20.5. The van der Waals surface area contributed by atoms with Gasteiger partial charge in [-0.1, -0.05) is 59.0 Å². The SMILES string of the molecule is COc1ccc([C@@H]2C(C(=O)c3sc(C)nc3C)=C(O)C(=O)N2c2nnc(SCc3ccc(Cl)cc3)s2)cc1. The molecule has 0 aliphatic carbocycles. The fourth-order valence-corrected chi connectivity index (χ4v) is 6.91. The van der Waals surface area contributed by atoms with Crippen LogP contribution < -0.4 is 9.64 Å². The van der Waals surface area contributed by atoms with E-state index in [0.717, 1.165) is 10.6 Å². The van der Waals surface area contributed by atoms with E-state index < -0.39 is 23.5 Å². The lowest BCUT2D eigenvalue weighted by molar-refractivity contribution is -0.117. The van der Waals surface area contributed by atoms with E-state index in [9.17, 15) is 14.7 Å². The van der Waals surface area contributed by atoms with Crippen LogP contribution in [-0.2, 0) is 10.5 Å². The van der Waals surface area contributed by atoms with Gasteiger partial charge in [0, 0.05) is 10.8 Å². The summed E-state index contributed by atoms with van der Waals surface area (Å²) in [7, 11) is 1.56. The van der Waals surface area contributed by atoms with Crippen LogP contribution in [0.3, 0.4) is 0 Å². The molecule has 3 heterocycles. The van der Waals surface area contributed by atoms with E-state index in [4.69, 9.17) is 16.3 Å². The number of aliphatic hydroxyl groups is 1.